The van der Waals surface area contributed by atoms with Crippen molar-refractivity contribution in [3.63, 3.8) is 0 Å². The van der Waals surface area contributed by atoms with E-state index >= 15 is 0 Å². The number of hydrogen-bond acceptors (Lipinski definition) is 4. The van der Waals surface area contributed by atoms with E-state index in [2.05, 4.69) is 4.72 Å². The lowest BCUT2D eigenvalue weighted by atomic mass is 10.1. The third-order valence-corrected chi connectivity index (χ3v) is 6.45. The van der Waals surface area contributed by atoms with E-state index in [1.54, 1.807) is 11.3 Å². The van der Waals surface area contributed by atoms with Crippen molar-refractivity contribution < 1.29 is 17.5 Å². The molecular formula is C15H16FNO3S2. The van der Waals surface area contributed by atoms with Gasteiger partial charge >= 0.3 is 0 Å². The van der Waals surface area contributed by atoms with Crippen molar-refractivity contribution in [1.82, 2.24) is 4.72 Å². The van der Waals surface area contributed by atoms with Crippen LogP contribution in [-0.2, 0) is 15.4 Å². The molecule has 0 radical (unpaired) electrons. The zero-order valence-corrected chi connectivity index (χ0v) is 13.6. The summed E-state index contributed by atoms with van der Waals surface area (Å²) in [6.45, 7) is 0.337. The highest BCUT2D eigenvalue weighted by atomic mass is 32.2. The summed E-state index contributed by atoms with van der Waals surface area (Å²) in [4.78, 5) is 1.10. The highest BCUT2D eigenvalue weighted by molar-refractivity contribution is 7.89. The molecular weight excluding hydrogens is 325 g/mol. The highest BCUT2D eigenvalue weighted by Crippen LogP contribution is 2.49. The summed E-state index contributed by atoms with van der Waals surface area (Å²) in [5, 5.41) is 1.99. The Kier molecular flexibility index (Phi) is 3.96. The van der Waals surface area contributed by atoms with E-state index in [0.29, 0.717) is 6.54 Å². The van der Waals surface area contributed by atoms with Crippen LogP contribution in [0.15, 0.2) is 40.6 Å². The molecule has 0 unspecified atom stereocenters. The maximum absolute atomic E-state index is 13.7. The molecule has 0 aliphatic heterocycles. The molecule has 2 aromatic rings. The van der Waals surface area contributed by atoms with Gasteiger partial charge in [0, 0.05) is 16.8 Å². The van der Waals surface area contributed by atoms with Gasteiger partial charge in [0.1, 0.15) is 0 Å². The fraction of sp³-hybridized carbons (Fsp3) is 0.333. The molecule has 1 aromatic heterocycles. The zero-order chi connectivity index (χ0) is 15.8. The summed E-state index contributed by atoms with van der Waals surface area (Å²) in [5.41, 5.74) is -0.0910. The monoisotopic (exact) mass is 341 g/mol. The fourth-order valence-electron chi connectivity index (χ4n) is 2.37. The first-order valence-corrected chi connectivity index (χ1v) is 9.20. The minimum Gasteiger partial charge on any atom is -0.494 e. The molecule has 0 amide bonds. The average Bonchev–Trinajstić information content (AvgIpc) is 3.09. The summed E-state index contributed by atoms with van der Waals surface area (Å²) >= 11 is 1.63. The van der Waals surface area contributed by atoms with Gasteiger partial charge in [-0.2, -0.15) is 0 Å². The molecule has 3 rings (SSSR count). The Labute approximate surface area is 133 Å². The van der Waals surface area contributed by atoms with E-state index in [1.165, 1.54) is 24.1 Å². The van der Waals surface area contributed by atoms with Crippen LogP contribution in [0.3, 0.4) is 0 Å². The van der Waals surface area contributed by atoms with Crippen molar-refractivity contribution in [2.24, 2.45) is 0 Å². The van der Waals surface area contributed by atoms with Crippen molar-refractivity contribution >= 4 is 21.4 Å². The second-order valence-corrected chi connectivity index (χ2v) is 8.09. The van der Waals surface area contributed by atoms with Crippen LogP contribution < -0.4 is 9.46 Å². The Morgan fingerprint density at radius 3 is 2.68 bits per heavy atom. The standard InChI is InChI=1S/C15H16FNO3S2/c1-20-13-5-4-11(9-12(13)16)22(18,19)17-10-15(6-7-15)14-3-2-8-21-14/h2-5,8-9,17H,6-7,10H2,1H3. The van der Waals surface area contributed by atoms with Crippen LogP contribution >= 0.6 is 11.3 Å². The number of thiophene rings is 1. The number of ether oxygens (including phenoxy) is 1. The summed E-state index contributed by atoms with van der Waals surface area (Å²) < 4.78 is 45.7. The topological polar surface area (TPSA) is 55.4 Å². The number of nitrogens with one attached hydrogen (secondary N) is 1. The minimum atomic E-state index is -3.73. The fourth-order valence-corrected chi connectivity index (χ4v) is 4.50. The largest absolute Gasteiger partial charge is 0.494 e. The average molecular weight is 341 g/mol. The van der Waals surface area contributed by atoms with Crippen LogP contribution in [0.2, 0.25) is 0 Å². The molecule has 0 spiro atoms. The molecule has 1 fully saturated rings. The molecule has 22 heavy (non-hydrogen) atoms. The van der Waals surface area contributed by atoms with E-state index < -0.39 is 15.8 Å². The summed E-state index contributed by atoms with van der Waals surface area (Å²) in [6, 6.07) is 7.63. The zero-order valence-electron chi connectivity index (χ0n) is 12.0. The molecule has 1 aromatic carbocycles. The van der Waals surface area contributed by atoms with Gasteiger partial charge in [-0.1, -0.05) is 6.07 Å². The molecule has 7 heteroatoms. The Morgan fingerprint density at radius 1 is 1.36 bits per heavy atom. The maximum atomic E-state index is 13.7. The van der Waals surface area contributed by atoms with Crippen LogP contribution in [0.5, 0.6) is 5.75 Å². The van der Waals surface area contributed by atoms with Gasteiger partial charge in [0.15, 0.2) is 11.6 Å². The van der Waals surface area contributed by atoms with Crippen LogP contribution in [-0.4, -0.2) is 22.1 Å². The van der Waals surface area contributed by atoms with Crippen molar-refractivity contribution in [2.75, 3.05) is 13.7 Å². The van der Waals surface area contributed by atoms with E-state index in [-0.39, 0.29) is 16.1 Å². The van der Waals surface area contributed by atoms with Crippen molar-refractivity contribution in [3.8, 4) is 5.75 Å². The first kappa shape index (κ1) is 15.5. The second-order valence-electron chi connectivity index (χ2n) is 5.38. The lowest BCUT2D eigenvalue weighted by molar-refractivity contribution is 0.385. The number of benzene rings is 1. The summed E-state index contributed by atoms with van der Waals surface area (Å²) in [7, 11) is -2.40. The van der Waals surface area contributed by atoms with Crippen molar-refractivity contribution in [3.05, 3.63) is 46.4 Å². The molecule has 1 aliphatic rings. The molecule has 1 aliphatic carbocycles. The SMILES string of the molecule is COc1ccc(S(=O)(=O)NCC2(c3cccs3)CC2)cc1F. The van der Waals surface area contributed by atoms with Crippen LogP contribution in [0.25, 0.3) is 0 Å². The third kappa shape index (κ3) is 2.88. The van der Waals surface area contributed by atoms with Gasteiger partial charge in [0.25, 0.3) is 0 Å². The Bertz CT molecular complexity index is 768. The van der Waals surface area contributed by atoms with Gasteiger partial charge in [-0.15, -0.1) is 11.3 Å². The molecule has 4 nitrogen and oxygen atoms in total. The number of hydrogen-bond donors (Lipinski definition) is 1. The van der Waals surface area contributed by atoms with Gasteiger partial charge in [-0.25, -0.2) is 17.5 Å². The molecule has 0 atom stereocenters. The smallest absolute Gasteiger partial charge is 0.240 e. The normalized spacial score (nSPS) is 16.5. The van der Waals surface area contributed by atoms with Crippen molar-refractivity contribution in [2.45, 2.75) is 23.2 Å². The quantitative estimate of drug-likeness (QED) is 0.879. The van der Waals surface area contributed by atoms with Crippen LogP contribution in [0, 0.1) is 5.82 Å². The van der Waals surface area contributed by atoms with E-state index in [1.807, 2.05) is 17.5 Å². The van der Waals surface area contributed by atoms with E-state index in [4.69, 9.17) is 4.74 Å². The number of halogens is 1. The van der Waals surface area contributed by atoms with E-state index in [9.17, 15) is 12.8 Å². The molecule has 1 saturated carbocycles. The Hall–Kier alpha value is -1.44. The molecule has 1 N–H and O–H groups in total. The molecule has 0 bridgehead atoms. The molecule has 0 saturated heterocycles. The lowest BCUT2D eigenvalue weighted by Gasteiger charge is -2.15. The predicted octanol–water partition coefficient (Wildman–Crippen LogP) is 2.91. The van der Waals surface area contributed by atoms with Gasteiger partial charge in [-0.05, 0) is 42.5 Å². The Morgan fingerprint density at radius 2 is 2.14 bits per heavy atom. The number of rotatable bonds is 6. The van der Waals surface area contributed by atoms with Crippen LogP contribution in [0.4, 0.5) is 4.39 Å². The van der Waals surface area contributed by atoms with Crippen LogP contribution in [0.1, 0.15) is 17.7 Å². The first-order chi connectivity index (χ1) is 10.5. The third-order valence-electron chi connectivity index (χ3n) is 3.93. The first-order valence-electron chi connectivity index (χ1n) is 6.84. The van der Waals surface area contributed by atoms with Gasteiger partial charge in [0.2, 0.25) is 10.0 Å². The lowest BCUT2D eigenvalue weighted by Crippen LogP contribution is -2.32. The summed E-state index contributed by atoms with van der Waals surface area (Å²) in [5.74, 6) is -0.666. The molecule has 1 heterocycles. The highest BCUT2D eigenvalue weighted by Gasteiger charge is 2.45. The predicted molar refractivity (Wildman–Crippen MR) is 83.4 cm³/mol. The van der Waals surface area contributed by atoms with E-state index in [0.717, 1.165) is 18.9 Å². The van der Waals surface area contributed by atoms with Gasteiger partial charge in [-0.3, -0.25) is 0 Å². The van der Waals surface area contributed by atoms with Crippen molar-refractivity contribution in [1.29, 1.82) is 0 Å². The number of sulfonamides is 1. The van der Waals surface area contributed by atoms with Gasteiger partial charge in [0.05, 0.1) is 12.0 Å². The second kappa shape index (κ2) is 5.64. The summed E-state index contributed by atoms with van der Waals surface area (Å²) in [6.07, 6.45) is 1.93. The Balaban J connectivity index is 1.76. The maximum Gasteiger partial charge on any atom is 0.240 e. The molecule has 118 valence electrons. The minimum absolute atomic E-state index is 0.0243. The van der Waals surface area contributed by atoms with Gasteiger partial charge < -0.3 is 4.74 Å². The number of methoxy groups -OCH3 is 1.